The molecule has 7 nitrogen and oxygen atoms in total. The summed E-state index contributed by atoms with van der Waals surface area (Å²) in [7, 11) is 1.62. The van der Waals surface area contributed by atoms with Gasteiger partial charge in [0.15, 0.2) is 11.5 Å². The molecular weight excluding hydrogens is 689 g/mol. The van der Waals surface area contributed by atoms with E-state index in [9.17, 15) is 20.1 Å². The van der Waals surface area contributed by atoms with Crippen LogP contribution >= 0.6 is 0 Å². The number of unbranched alkanes of at least 4 members (excludes halogenated alkanes) is 1. The monoisotopic (exact) mass is 742 g/mol. The fourth-order valence-corrected chi connectivity index (χ4v) is 7.95. The minimum atomic E-state index is -0.500. The number of aromatic hydroxyl groups is 1. The SMILES string of the molecule is CCc1cc(O)c2c3ccc(cc13)COc1cc(ccc1OC)CCC(=O)C[C@H](C[C@@H]1C=C(O)C(CCCO)=C[C@H]1CCCCc1ccccc1)OC#CC2. The lowest BCUT2D eigenvalue weighted by Gasteiger charge is -2.30. The molecule has 4 aromatic carbocycles. The van der Waals surface area contributed by atoms with E-state index in [1.165, 1.54) is 5.56 Å². The molecule has 0 amide bonds. The van der Waals surface area contributed by atoms with Gasteiger partial charge < -0.3 is 29.5 Å². The maximum absolute atomic E-state index is 13.6. The van der Waals surface area contributed by atoms with E-state index >= 15 is 0 Å². The average Bonchev–Trinajstić information content (AvgIpc) is 3.20. The van der Waals surface area contributed by atoms with Crippen LogP contribution in [0, 0.1) is 23.9 Å². The van der Waals surface area contributed by atoms with Crippen molar-refractivity contribution in [2.75, 3.05) is 13.7 Å². The van der Waals surface area contributed by atoms with Gasteiger partial charge in [-0.15, -0.1) is 0 Å². The zero-order valence-corrected chi connectivity index (χ0v) is 32.2. The third kappa shape index (κ3) is 10.5. The number of aliphatic hydroxyl groups is 2. The van der Waals surface area contributed by atoms with Crippen molar-refractivity contribution in [1.82, 2.24) is 0 Å². The molecule has 1 aliphatic carbocycles. The minimum absolute atomic E-state index is 0.0547. The molecule has 0 unspecified atom stereocenters. The van der Waals surface area contributed by atoms with Crippen molar-refractivity contribution in [3.63, 3.8) is 0 Å². The molecule has 2 heterocycles. The number of ketones is 1. The van der Waals surface area contributed by atoms with E-state index in [-0.39, 0.29) is 48.6 Å². The van der Waals surface area contributed by atoms with Crippen LogP contribution in [-0.2, 0) is 41.8 Å². The van der Waals surface area contributed by atoms with Gasteiger partial charge in [0.25, 0.3) is 0 Å². The number of hydrogen-bond acceptors (Lipinski definition) is 7. The Morgan fingerprint density at radius 3 is 2.51 bits per heavy atom. The molecule has 3 N–H and O–H groups in total. The number of aliphatic hydroxyl groups excluding tert-OH is 2. The van der Waals surface area contributed by atoms with E-state index < -0.39 is 6.10 Å². The van der Waals surface area contributed by atoms with E-state index in [4.69, 9.17) is 14.2 Å². The van der Waals surface area contributed by atoms with Crippen LogP contribution in [0.5, 0.6) is 17.2 Å². The highest BCUT2D eigenvalue weighted by atomic mass is 16.5. The molecule has 7 heteroatoms. The molecule has 0 saturated heterocycles. The molecule has 4 aromatic rings. The molecule has 55 heavy (non-hydrogen) atoms. The fraction of sp³-hybridized carbons (Fsp3) is 0.396. The number of carbonyl (C=O) groups is 1. The second-order valence-electron chi connectivity index (χ2n) is 14.8. The van der Waals surface area contributed by atoms with Crippen molar-refractivity contribution >= 4 is 16.6 Å². The van der Waals surface area contributed by atoms with Crippen LogP contribution in [0.1, 0.15) is 86.1 Å². The number of methoxy groups -OCH3 is 1. The topological polar surface area (TPSA) is 105 Å². The molecule has 7 rings (SSSR count). The maximum Gasteiger partial charge on any atom is 0.161 e. The summed E-state index contributed by atoms with van der Waals surface area (Å²) in [5.41, 5.74) is 5.92. The Balaban J connectivity index is 1.27. The molecule has 0 aromatic heterocycles. The molecule has 6 bridgehead atoms. The van der Waals surface area contributed by atoms with Gasteiger partial charge in [0.1, 0.15) is 36.1 Å². The number of Topliss-reactive ketones (excluding diaryl/α,β-unsaturated/α-hetero) is 1. The highest BCUT2D eigenvalue weighted by molar-refractivity contribution is 5.91. The molecule has 0 saturated carbocycles. The summed E-state index contributed by atoms with van der Waals surface area (Å²) in [5, 5.41) is 33.7. The highest BCUT2D eigenvalue weighted by Crippen LogP contribution is 2.37. The van der Waals surface area contributed by atoms with Gasteiger partial charge in [0.2, 0.25) is 0 Å². The molecule has 288 valence electrons. The van der Waals surface area contributed by atoms with Gasteiger partial charge in [-0.3, -0.25) is 4.79 Å². The number of ether oxygens (including phenoxy) is 3. The second kappa shape index (κ2) is 19.4. The smallest absolute Gasteiger partial charge is 0.161 e. The zero-order chi connectivity index (χ0) is 38.6. The van der Waals surface area contributed by atoms with E-state index in [2.05, 4.69) is 55.4 Å². The Labute approximate surface area is 325 Å². The first-order chi connectivity index (χ1) is 26.8. The normalized spacial score (nSPS) is 18.9. The van der Waals surface area contributed by atoms with Crippen LogP contribution in [0.25, 0.3) is 10.8 Å². The number of aryl methyl sites for hydroxylation is 3. The van der Waals surface area contributed by atoms with Gasteiger partial charge in [-0.05, 0) is 132 Å². The van der Waals surface area contributed by atoms with Crippen molar-refractivity contribution in [3.8, 4) is 29.3 Å². The van der Waals surface area contributed by atoms with Crippen LogP contribution in [0.3, 0.4) is 0 Å². The number of rotatable bonds is 12. The average molecular weight is 743 g/mol. The van der Waals surface area contributed by atoms with Gasteiger partial charge in [0, 0.05) is 31.4 Å². The van der Waals surface area contributed by atoms with Gasteiger partial charge in [-0.1, -0.05) is 73.9 Å². The summed E-state index contributed by atoms with van der Waals surface area (Å²) in [6.45, 7) is 2.47. The minimum Gasteiger partial charge on any atom is -0.508 e. The quantitative estimate of drug-likeness (QED) is 0.0981. The second-order valence-corrected chi connectivity index (χ2v) is 14.8. The van der Waals surface area contributed by atoms with Crippen LogP contribution in [-0.4, -0.2) is 40.9 Å². The van der Waals surface area contributed by atoms with E-state index in [0.29, 0.717) is 50.2 Å². The van der Waals surface area contributed by atoms with Crippen molar-refractivity contribution in [3.05, 3.63) is 124 Å². The predicted molar refractivity (Wildman–Crippen MR) is 217 cm³/mol. The van der Waals surface area contributed by atoms with Crippen molar-refractivity contribution in [1.29, 1.82) is 0 Å². The molecule has 0 radical (unpaired) electrons. The van der Waals surface area contributed by atoms with Crippen LogP contribution in [0.15, 0.2) is 96.3 Å². The number of hydrogen-bond donors (Lipinski definition) is 3. The number of allylic oxidation sites excluding steroid dienone is 3. The summed E-state index contributed by atoms with van der Waals surface area (Å²) in [5.74, 6) is 4.99. The summed E-state index contributed by atoms with van der Waals surface area (Å²) < 4.78 is 18.2. The first-order valence-electron chi connectivity index (χ1n) is 19.8. The Bertz CT molecular complexity index is 2050. The number of benzene rings is 4. The van der Waals surface area contributed by atoms with Crippen molar-refractivity contribution < 1.29 is 34.3 Å². The van der Waals surface area contributed by atoms with Crippen molar-refractivity contribution in [2.45, 2.75) is 96.7 Å². The molecule has 0 fully saturated rings. The zero-order valence-electron chi connectivity index (χ0n) is 32.2. The molecular formula is C48H54O7. The van der Waals surface area contributed by atoms with Gasteiger partial charge in [-0.25, -0.2) is 0 Å². The molecule has 2 aliphatic heterocycles. The Morgan fingerprint density at radius 1 is 0.873 bits per heavy atom. The standard InChI is InChI=1S/C48H54O7/c1-3-36-29-46(52)43-16-10-24-54-41(28-39-30-45(51)38(15-9-23-49)27-37(39)14-8-7-13-33-11-5-4-6-12-33)31-40(50)20-17-34-19-22-47(53-2)48(26-34)55-32-35-18-21-42(43)44(36)25-35/h4-6,11-12,18-19,21-22,25-27,29-30,37,39,41,49,51-52H,3,7-9,13-17,20,23,28,31-32H2,1-2H3/t37-,39-,41+/m1/s1. The summed E-state index contributed by atoms with van der Waals surface area (Å²) >= 11 is 0. The van der Waals surface area contributed by atoms with Crippen LogP contribution in [0.2, 0.25) is 0 Å². The summed E-state index contributed by atoms with van der Waals surface area (Å²) in [6, 6.07) is 24.3. The Morgan fingerprint density at radius 2 is 1.71 bits per heavy atom. The Kier molecular flexibility index (Phi) is 13.9. The van der Waals surface area contributed by atoms with Gasteiger partial charge in [-0.2, -0.15) is 0 Å². The Hall–Kier alpha value is -5.19. The van der Waals surface area contributed by atoms with Crippen LogP contribution < -0.4 is 9.47 Å². The largest absolute Gasteiger partial charge is 0.508 e. The highest BCUT2D eigenvalue weighted by Gasteiger charge is 2.29. The maximum atomic E-state index is 13.6. The first kappa shape index (κ1) is 39.5. The van der Waals surface area contributed by atoms with Crippen molar-refractivity contribution in [2.24, 2.45) is 11.8 Å². The number of phenols is 1. The van der Waals surface area contributed by atoms with E-state index in [1.807, 2.05) is 48.5 Å². The molecule has 0 spiro atoms. The number of carbonyl (C=O) groups excluding carboxylic acids is 1. The summed E-state index contributed by atoms with van der Waals surface area (Å²) in [4.78, 5) is 13.6. The van der Waals surface area contributed by atoms with Gasteiger partial charge >= 0.3 is 0 Å². The third-order valence-electron chi connectivity index (χ3n) is 11.0. The number of phenolic OH excluding ortho intramolecular Hbond substituents is 1. The molecule has 3 atom stereocenters. The lowest BCUT2D eigenvalue weighted by atomic mass is 9.77. The predicted octanol–water partition coefficient (Wildman–Crippen LogP) is 9.68. The third-order valence-corrected chi connectivity index (χ3v) is 11.0. The fourth-order valence-electron chi connectivity index (χ4n) is 7.95. The lowest BCUT2D eigenvalue weighted by Crippen LogP contribution is -2.25. The summed E-state index contributed by atoms with van der Waals surface area (Å²) in [6.07, 6.45) is 14.3. The van der Waals surface area contributed by atoms with E-state index in [0.717, 1.165) is 70.7 Å². The van der Waals surface area contributed by atoms with E-state index in [1.54, 1.807) is 7.11 Å². The number of fused-ring (bicyclic) bond motifs is 9. The lowest BCUT2D eigenvalue weighted by molar-refractivity contribution is -0.121. The molecule has 3 aliphatic rings. The first-order valence-corrected chi connectivity index (χ1v) is 19.8. The van der Waals surface area contributed by atoms with Crippen LogP contribution in [0.4, 0.5) is 0 Å². The van der Waals surface area contributed by atoms with Gasteiger partial charge in [0.05, 0.1) is 7.11 Å².